The first-order chi connectivity index (χ1) is 5.63. The standard InChI is InChI=1S/C7H4BrClFNO/c8-5-1-4(7(9)11-12)2-6(10)3-5/h1-3,12H. The van der Waals surface area contributed by atoms with Gasteiger partial charge in [-0.2, -0.15) is 0 Å². The van der Waals surface area contributed by atoms with Crippen LogP contribution in [-0.4, -0.2) is 10.4 Å². The molecule has 0 saturated heterocycles. The fourth-order valence-corrected chi connectivity index (χ4v) is 1.31. The number of nitrogens with zero attached hydrogens (tertiary/aromatic N) is 1. The van der Waals surface area contributed by atoms with Crippen molar-refractivity contribution in [3.63, 3.8) is 0 Å². The van der Waals surface area contributed by atoms with E-state index in [0.29, 0.717) is 10.0 Å². The van der Waals surface area contributed by atoms with E-state index in [1.54, 1.807) is 6.07 Å². The van der Waals surface area contributed by atoms with Gasteiger partial charge in [-0.05, 0) is 18.2 Å². The van der Waals surface area contributed by atoms with Gasteiger partial charge in [-0.25, -0.2) is 4.39 Å². The Kier molecular flexibility index (Phi) is 3.05. The Labute approximate surface area is 81.8 Å². The minimum absolute atomic E-state index is 0.143. The fraction of sp³-hybridized carbons (Fsp3) is 0. The van der Waals surface area contributed by atoms with E-state index in [-0.39, 0.29) is 5.17 Å². The van der Waals surface area contributed by atoms with Crippen LogP contribution in [0.5, 0.6) is 0 Å². The van der Waals surface area contributed by atoms with E-state index >= 15 is 0 Å². The van der Waals surface area contributed by atoms with Crippen LogP contribution >= 0.6 is 27.5 Å². The van der Waals surface area contributed by atoms with Crippen LogP contribution in [-0.2, 0) is 0 Å². The number of halogens is 3. The number of oxime groups is 1. The SMILES string of the molecule is ON=C(Cl)c1cc(F)cc(Br)c1. The maximum atomic E-state index is 12.7. The molecule has 0 unspecified atom stereocenters. The first-order valence-corrected chi connectivity index (χ1v) is 4.14. The van der Waals surface area contributed by atoms with E-state index in [9.17, 15) is 4.39 Å². The Hall–Kier alpha value is -0.610. The van der Waals surface area contributed by atoms with Gasteiger partial charge in [0.25, 0.3) is 0 Å². The first kappa shape index (κ1) is 9.48. The first-order valence-electron chi connectivity index (χ1n) is 2.97. The molecule has 0 aliphatic heterocycles. The predicted molar refractivity (Wildman–Crippen MR) is 48.3 cm³/mol. The normalized spacial score (nSPS) is 11.8. The maximum Gasteiger partial charge on any atom is 0.175 e. The van der Waals surface area contributed by atoms with E-state index in [4.69, 9.17) is 16.8 Å². The number of benzene rings is 1. The molecule has 1 rings (SSSR count). The van der Waals surface area contributed by atoms with Gasteiger partial charge in [0.2, 0.25) is 0 Å². The molecule has 0 aliphatic carbocycles. The van der Waals surface area contributed by atoms with E-state index in [0.717, 1.165) is 0 Å². The molecule has 0 atom stereocenters. The van der Waals surface area contributed by atoms with Crippen LogP contribution in [0.3, 0.4) is 0 Å². The highest BCUT2D eigenvalue weighted by atomic mass is 79.9. The van der Waals surface area contributed by atoms with Crippen molar-refractivity contribution in [2.45, 2.75) is 0 Å². The van der Waals surface area contributed by atoms with Crippen LogP contribution in [0.1, 0.15) is 5.56 Å². The van der Waals surface area contributed by atoms with Crippen molar-refractivity contribution in [2.75, 3.05) is 0 Å². The maximum absolute atomic E-state index is 12.7. The number of rotatable bonds is 1. The van der Waals surface area contributed by atoms with Crippen LogP contribution in [0.25, 0.3) is 0 Å². The Morgan fingerprint density at radius 2 is 2.17 bits per heavy atom. The van der Waals surface area contributed by atoms with Gasteiger partial charge in [-0.15, -0.1) is 0 Å². The Morgan fingerprint density at radius 3 is 2.67 bits per heavy atom. The zero-order valence-corrected chi connectivity index (χ0v) is 8.10. The third-order valence-corrected chi connectivity index (χ3v) is 1.94. The number of hydrogen-bond acceptors (Lipinski definition) is 2. The molecule has 1 aromatic carbocycles. The highest BCUT2D eigenvalue weighted by Crippen LogP contribution is 2.16. The molecule has 0 bridgehead atoms. The molecule has 0 heterocycles. The summed E-state index contributed by atoms with van der Waals surface area (Å²) >= 11 is 8.52. The van der Waals surface area contributed by atoms with E-state index < -0.39 is 5.82 Å². The molecular formula is C7H4BrClFNO. The molecule has 1 N–H and O–H groups in total. The molecule has 2 nitrogen and oxygen atoms in total. The molecule has 1 aromatic rings. The Morgan fingerprint density at radius 1 is 1.50 bits per heavy atom. The van der Waals surface area contributed by atoms with Crippen LogP contribution in [0.2, 0.25) is 0 Å². The molecule has 12 heavy (non-hydrogen) atoms. The molecule has 5 heteroatoms. The largest absolute Gasteiger partial charge is 0.410 e. The summed E-state index contributed by atoms with van der Waals surface area (Å²) in [6.45, 7) is 0. The quantitative estimate of drug-likeness (QED) is 0.465. The lowest BCUT2D eigenvalue weighted by Gasteiger charge is -1.97. The van der Waals surface area contributed by atoms with E-state index in [1.807, 2.05) is 0 Å². The summed E-state index contributed by atoms with van der Waals surface area (Å²) < 4.78 is 13.2. The Bertz CT molecular complexity index is 309. The highest BCUT2D eigenvalue weighted by Gasteiger charge is 2.03. The van der Waals surface area contributed by atoms with Crippen LogP contribution in [0.4, 0.5) is 4.39 Å². The van der Waals surface area contributed by atoms with Crippen molar-refractivity contribution < 1.29 is 9.60 Å². The summed E-state index contributed by atoms with van der Waals surface area (Å²) in [4.78, 5) is 0. The summed E-state index contributed by atoms with van der Waals surface area (Å²) in [5.41, 5.74) is 0.325. The van der Waals surface area contributed by atoms with Crippen molar-refractivity contribution >= 4 is 32.7 Å². The third kappa shape index (κ3) is 2.19. The van der Waals surface area contributed by atoms with Crippen molar-refractivity contribution in [3.05, 3.63) is 34.1 Å². The van der Waals surface area contributed by atoms with Crippen molar-refractivity contribution in [2.24, 2.45) is 5.16 Å². The second-order valence-corrected chi connectivity index (χ2v) is 3.32. The molecule has 0 radical (unpaired) electrons. The molecule has 0 aromatic heterocycles. The lowest BCUT2D eigenvalue weighted by molar-refractivity contribution is 0.321. The van der Waals surface area contributed by atoms with E-state index in [1.165, 1.54) is 12.1 Å². The summed E-state index contributed by atoms with van der Waals surface area (Å²) in [6.07, 6.45) is 0. The zero-order chi connectivity index (χ0) is 9.14. The van der Waals surface area contributed by atoms with Gasteiger partial charge in [0.05, 0.1) is 0 Å². The average molecular weight is 252 g/mol. The zero-order valence-electron chi connectivity index (χ0n) is 5.76. The summed E-state index contributed by atoms with van der Waals surface area (Å²) in [7, 11) is 0. The van der Waals surface area contributed by atoms with Gasteiger partial charge in [0.1, 0.15) is 5.82 Å². The minimum atomic E-state index is -0.443. The topological polar surface area (TPSA) is 32.6 Å². The van der Waals surface area contributed by atoms with E-state index in [2.05, 4.69) is 21.1 Å². The van der Waals surface area contributed by atoms with Crippen molar-refractivity contribution in [1.82, 2.24) is 0 Å². The Balaban J connectivity index is 3.17. The molecule has 0 amide bonds. The summed E-state index contributed by atoms with van der Waals surface area (Å²) in [6, 6.07) is 4.00. The highest BCUT2D eigenvalue weighted by molar-refractivity contribution is 9.10. The fourth-order valence-electron chi connectivity index (χ4n) is 0.731. The molecular weight excluding hydrogens is 248 g/mol. The van der Waals surface area contributed by atoms with Crippen LogP contribution in [0.15, 0.2) is 27.8 Å². The molecule has 0 saturated carbocycles. The van der Waals surface area contributed by atoms with Crippen LogP contribution in [0, 0.1) is 5.82 Å². The lowest BCUT2D eigenvalue weighted by Crippen LogP contribution is -1.92. The molecule has 0 spiro atoms. The molecule has 0 fully saturated rings. The predicted octanol–water partition coefficient (Wildman–Crippen LogP) is 2.96. The number of hydrogen-bond donors (Lipinski definition) is 1. The summed E-state index contributed by atoms with van der Waals surface area (Å²) in [5.74, 6) is -0.443. The van der Waals surface area contributed by atoms with Gasteiger partial charge >= 0.3 is 0 Å². The summed E-state index contributed by atoms with van der Waals surface area (Å²) in [5, 5.41) is 10.9. The van der Waals surface area contributed by atoms with Crippen molar-refractivity contribution in [1.29, 1.82) is 0 Å². The second-order valence-electron chi connectivity index (χ2n) is 2.05. The van der Waals surface area contributed by atoms with Gasteiger partial charge < -0.3 is 5.21 Å². The van der Waals surface area contributed by atoms with Gasteiger partial charge in [0.15, 0.2) is 5.17 Å². The smallest absolute Gasteiger partial charge is 0.175 e. The molecule has 0 aliphatic rings. The average Bonchev–Trinajstić information content (AvgIpc) is 2.01. The van der Waals surface area contributed by atoms with Gasteiger partial charge in [-0.1, -0.05) is 32.7 Å². The molecule has 64 valence electrons. The minimum Gasteiger partial charge on any atom is -0.410 e. The lowest BCUT2D eigenvalue weighted by atomic mass is 10.2. The monoisotopic (exact) mass is 251 g/mol. The van der Waals surface area contributed by atoms with Crippen LogP contribution < -0.4 is 0 Å². The second kappa shape index (κ2) is 3.87. The third-order valence-electron chi connectivity index (χ3n) is 1.19. The van der Waals surface area contributed by atoms with Gasteiger partial charge in [-0.3, -0.25) is 0 Å². The van der Waals surface area contributed by atoms with Gasteiger partial charge in [0, 0.05) is 10.0 Å². The van der Waals surface area contributed by atoms with Crippen molar-refractivity contribution in [3.8, 4) is 0 Å².